The Balaban J connectivity index is 1.26. The molecule has 0 atom stereocenters. The summed E-state index contributed by atoms with van der Waals surface area (Å²) < 4.78 is 5.95. The summed E-state index contributed by atoms with van der Waals surface area (Å²) in [6.07, 6.45) is 4.00. The van der Waals surface area contributed by atoms with Crippen molar-refractivity contribution in [1.82, 2.24) is 25.1 Å². The van der Waals surface area contributed by atoms with E-state index in [4.69, 9.17) is 4.42 Å². The highest BCUT2D eigenvalue weighted by molar-refractivity contribution is 5.93. The zero-order chi connectivity index (χ0) is 20.3. The minimum Gasteiger partial charge on any atom is -0.445 e. The number of pyridine rings is 1. The lowest BCUT2D eigenvalue weighted by Crippen LogP contribution is -2.36. The van der Waals surface area contributed by atoms with Crippen LogP contribution in [0.1, 0.15) is 33.4 Å². The van der Waals surface area contributed by atoms with Crippen molar-refractivity contribution in [2.45, 2.75) is 25.8 Å². The number of fused-ring (bicyclic) bond motifs is 1. The Hall–Kier alpha value is -3.74. The van der Waals surface area contributed by atoms with Crippen molar-refractivity contribution < 1.29 is 9.21 Å². The van der Waals surface area contributed by atoms with E-state index in [1.807, 2.05) is 36.4 Å². The molecule has 0 saturated heterocycles. The van der Waals surface area contributed by atoms with E-state index in [1.54, 1.807) is 17.2 Å². The van der Waals surface area contributed by atoms with Crippen LogP contribution < -0.4 is 0 Å². The summed E-state index contributed by atoms with van der Waals surface area (Å²) in [5.41, 5.74) is 3.94. The van der Waals surface area contributed by atoms with Crippen molar-refractivity contribution in [3.8, 4) is 11.4 Å². The minimum atomic E-state index is -0.0934. The van der Waals surface area contributed by atoms with Crippen LogP contribution in [0.3, 0.4) is 0 Å². The number of nitrogens with zero attached hydrogens (tertiary/aromatic N) is 4. The van der Waals surface area contributed by atoms with Crippen molar-refractivity contribution in [3.63, 3.8) is 0 Å². The van der Waals surface area contributed by atoms with Gasteiger partial charge in [0.25, 0.3) is 5.91 Å². The fourth-order valence-electron chi connectivity index (χ4n) is 3.68. The van der Waals surface area contributed by atoms with Gasteiger partial charge < -0.3 is 9.32 Å². The van der Waals surface area contributed by atoms with Crippen LogP contribution in [0.15, 0.2) is 65.2 Å². The van der Waals surface area contributed by atoms with E-state index in [9.17, 15) is 4.79 Å². The van der Waals surface area contributed by atoms with Crippen LogP contribution in [-0.4, -0.2) is 37.5 Å². The third-order valence-corrected chi connectivity index (χ3v) is 5.27. The summed E-state index contributed by atoms with van der Waals surface area (Å²) in [5.74, 6) is 1.53. The number of nitrogens with one attached hydrogen (secondary N) is 1. The number of benzene rings is 1. The number of hydrogen-bond acceptors (Lipinski definition) is 5. The molecule has 7 nitrogen and oxygen atoms in total. The van der Waals surface area contributed by atoms with Gasteiger partial charge in [0.2, 0.25) is 0 Å². The smallest absolute Gasteiger partial charge is 0.272 e. The molecule has 4 aromatic rings. The number of amides is 1. The summed E-state index contributed by atoms with van der Waals surface area (Å²) in [6, 6.07) is 17.6. The molecule has 1 aliphatic rings. The Bertz CT molecular complexity index is 1150. The molecule has 1 amide bonds. The molecule has 1 aliphatic heterocycles. The number of H-pyrrole nitrogens is 1. The van der Waals surface area contributed by atoms with Gasteiger partial charge in [0, 0.05) is 25.6 Å². The van der Waals surface area contributed by atoms with Crippen molar-refractivity contribution in [2.75, 3.05) is 6.54 Å². The van der Waals surface area contributed by atoms with E-state index >= 15 is 0 Å². The molecule has 0 radical (unpaired) electrons. The number of oxazole rings is 1. The van der Waals surface area contributed by atoms with Gasteiger partial charge in [-0.3, -0.25) is 14.9 Å². The van der Waals surface area contributed by atoms with Gasteiger partial charge in [0.1, 0.15) is 22.8 Å². The SMILES string of the molecule is O=C(c1cc(-c2ccccn2)n[nH]1)N1CCc2oc(CCc3ccccc3)nc2C1. The maximum absolute atomic E-state index is 12.9. The number of aromatic nitrogens is 4. The molecule has 150 valence electrons. The first-order valence-corrected chi connectivity index (χ1v) is 10.0. The normalized spacial score (nSPS) is 13.3. The van der Waals surface area contributed by atoms with Gasteiger partial charge in [0.05, 0.1) is 12.2 Å². The second kappa shape index (κ2) is 7.94. The van der Waals surface area contributed by atoms with Crippen LogP contribution in [0.25, 0.3) is 11.4 Å². The highest BCUT2D eigenvalue weighted by atomic mass is 16.4. The Morgan fingerprint density at radius 2 is 1.93 bits per heavy atom. The molecule has 3 aromatic heterocycles. The standard InChI is InChI=1S/C23H21N5O2/c29-23(19-14-18(26-27-19)17-8-4-5-12-24-17)28-13-11-21-20(15-28)25-22(30-21)10-9-16-6-2-1-3-7-16/h1-8,12,14H,9-11,13,15H2,(H,26,27). The topological polar surface area (TPSA) is 87.9 Å². The van der Waals surface area contributed by atoms with Crippen LogP contribution >= 0.6 is 0 Å². The van der Waals surface area contributed by atoms with Gasteiger partial charge in [-0.1, -0.05) is 36.4 Å². The zero-order valence-electron chi connectivity index (χ0n) is 16.4. The number of hydrogen-bond donors (Lipinski definition) is 1. The van der Waals surface area contributed by atoms with Gasteiger partial charge in [-0.25, -0.2) is 4.98 Å². The molecular weight excluding hydrogens is 378 g/mol. The molecule has 0 fully saturated rings. The summed E-state index contributed by atoms with van der Waals surface area (Å²) >= 11 is 0. The van der Waals surface area contributed by atoms with Crippen molar-refractivity contribution in [1.29, 1.82) is 0 Å². The van der Waals surface area contributed by atoms with Gasteiger partial charge in [-0.2, -0.15) is 5.10 Å². The molecule has 7 heteroatoms. The van der Waals surface area contributed by atoms with E-state index < -0.39 is 0 Å². The second-order valence-electron chi connectivity index (χ2n) is 7.32. The lowest BCUT2D eigenvalue weighted by atomic mass is 10.1. The molecule has 5 rings (SSSR count). The molecule has 0 spiro atoms. The van der Waals surface area contributed by atoms with E-state index in [0.717, 1.165) is 35.9 Å². The number of carbonyl (C=O) groups excluding carboxylic acids is 1. The van der Waals surface area contributed by atoms with Crippen LogP contribution in [0, 0.1) is 0 Å². The Labute approximate surface area is 173 Å². The van der Waals surface area contributed by atoms with Crippen molar-refractivity contribution in [2.24, 2.45) is 0 Å². The summed E-state index contributed by atoms with van der Waals surface area (Å²) in [4.78, 5) is 23.7. The summed E-state index contributed by atoms with van der Waals surface area (Å²) in [7, 11) is 0. The highest BCUT2D eigenvalue weighted by Gasteiger charge is 2.27. The number of rotatable bonds is 5. The third-order valence-electron chi connectivity index (χ3n) is 5.27. The molecule has 0 aliphatic carbocycles. The van der Waals surface area contributed by atoms with E-state index in [-0.39, 0.29) is 5.91 Å². The molecular formula is C23H21N5O2. The first-order valence-electron chi connectivity index (χ1n) is 10.0. The molecule has 0 saturated carbocycles. The van der Waals surface area contributed by atoms with Crippen molar-refractivity contribution >= 4 is 5.91 Å². The molecule has 30 heavy (non-hydrogen) atoms. The van der Waals surface area contributed by atoms with Gasteiger partial charge in [-0.15, -0.1) is 0 Å². The average molecular weight is 399 g/mol. The zero-order valence-corrected chi connectivity index (χ0v) is 16.4. The van der Waals surface area contributed by atoms with Crippen LogP contribution in [0.4, 0.5) is 0 Å². The Kier molecular flexibility index (Phi) is 4.85. The van der Waals surface area contributed by atoms with E-state index in [2.05, 4.69) is 32.3 Å². The fourth-order valence-corrected chi connectivity index (χ4v) is 3.68. The lowest BCUT2D eigenvalue weighted by molar-refractivity contribution is 0.0722. The number of carbonyl (C=O) groups is 1. The Morgan fingerprint density at radius 1 is 1.07 bits per heavy atom. The molecule has 1 aromatic carbocycles. The predicted molar refractivity (Wildman–Crippen MR) is 111 cm³/mol. The van der Waals surface area contributed by atoms with Crippen LogP contribution in [-0.2, 0) is 25.8 Å². The number of aryl methyl sites for hydroxylation is 2. The van der Waals surface area contributed by atoms with Gasteiger partial charge in [0.15, 0.2) is 5.89 Å². The van der Waals surface area contributed by atoms with Crippen molar-refractivity contribution in [3.05, 3.63) is 89.4 Å². The predicted octanol–water partition coefficient (Wildman–Crippen LogP) is 3.44. The van der Waals surface area contributed by atoms with Crippen LogP contribution in [0.5, 0.6) is 0 Å². The summed E-state index contributed by atoms with van der Waals surface area (Å²) in [5, 5.41) is 7.08. The third kappa shape index (κ3) is 3.74. The summed E-state index contributed by atoms with van der Waals surface area (Å²) in [6.45, 7) is 1.04. The van der Waals surface area contributed by atoms with E-state index in [1.165, 1.54) is 5.56 Å². The van der Waals surface area contributed by atoms with Crippen LogP contribution in [0.2, 0.25) is 0 Å². The maximum atomic E-state index is 12.9. The molecule has 0 bridgehead atoms. The van der Waals surface area contributed by atoms with Gasteiger partial charge in [-0.05, 0) is 30.2 Å². The largest absolute Gasteiger partial charge is 0.445 e. The first kappa shape index (κ1) is 18.3. The quantitative estimate of drug-likeness (QED) is 0.555. The van der Waals surface area contributed by atoms with E-state index in [0.29, 0.717) is 30.9 Å². The lowest BCUT2D eigenvalue weighted by Gasteiger charge is -2.24. The first-order chi connectivity index (χ1) is 14.8. The monoisotopic (exact) mass is 399 g/mol. The number of aromatic amines is 1. The highest BCUT2D eigenvalue weighted by Crippen LogP contribution is 2.23. The Morgan fingerprint density at radius 3 is 2.77 bits per heavy atom. The second-order valence-corrected chi connectivity index (χ2v) is 7.32. The fraction of sp³-hybridized carbons (Fsp3) is 0.217. The minimum absolute atomic E-state index is 0.0934. The van der Waals surface area contributed by atoms with Gasteiger partial charge >= 0.3 is 0 Å². The molecule has 4 heterocycles. The average Bonchev–Trinajstić information content (AvgIpc) is 3.45. The molecule has 1 N–H and O–H groups in total. The maximum Gasteiger partial charge on any atom is 0.272 e. The molecule has 0 unspecified atom stereocenters.